The zero-order valence-corrected chi connectivity index (χ0v) is 13.8. The Morgan fingerprint density at radius 1 is 1.23 bits per heavy atom. The second-order valence-corrected chi connectivity index (χ2v) is 6.97. The molecule has 3 heterocycles. The zero-order valence-electron chi connectivity index (χ0n) is 12.2. The standard InChI is InChI=1S/C15H19BrF3N3/c16-11-8-12(15(17,18)19)14(21-9-11)22-6-3-10(4-7-22)13-2-1-5-20-13/h8-10,13,20H,1-7H2. The summed E-state index contributed by atoms with van der Waals surface area (Å²) in [5, 5.41) is 3.50. The molecular weight excluding hydrogens is 359 g/mol. The number of nitrogens with zero attached hydrogens (tertiary/aromatic N) is 2. The van der Waals surface area contributed by atoms with Crippen molar-refractivity contribution in [2.75, 3.05) is 24.5 Å². The van der Waals surface area contributed by atoms with Gasteiger partial charge < -0.3 is 10.2 Å². The lowest BCUT2D eigenvalue weighted by Gasteiger charge is -2.36. The van der Waals surface area contributed by atoms with Gasteiger partial charge in [0.05, 0.1) is 5.56 Å². The van der Waals surface area contributed by atoms with Crippen LogP contribution in [0, 0.1) is 5.92 Å². The maximum atomic E-state index is 13.2. The number of rotatable bonds is 2. The molecule has 3 nitrogen and oxygen atoms in total. The number of nitrogens with one attached hydrogen (secondary N) is 1. The van der Waals surface area contributed by atoms with E-state index in [2.05, 4.69) is 26.2 Å². The predicted octanol–water partition coefficient (Wildman–Crippen LogP) is 3.83. The molecule has 1 aromatic heterocycles. The van der Waals surface area contributed by atoms with Crippen molar-refractivity contribution in [1.29, 1.82) is 0 Å². The molecule has 3 rings (SSSR count). The fraction of sp³-hybridized carbons (Fsp3) is 0.667. The largest absolute Gasteiger partial charge is 0.419 e. The Labute approximate surface area is 136 Å². The van der Waals surface area contributed by atoms with Crippen LogP contribution in [0.1, 0.15) is 31.2 Å². The molecule has 0 bridgehead atoms. The summed E-state index contributed by atoms with van der Waals surface area (Å²) in [6, 6.07) is 1.66. The number of piperidine rings is 1. The minimum absolute atomic E-state index is 0.0635. The third-order valence-electron chi connectivity index (χ3n) is 4.65. The third-order valence-corrected chi connectivity index (χ3v) is 5.08. The van der Waals surface area contributed by atoms with Gasteiger partial charge in [-0.2, -0.15) is 13.2 Å². The number of halogens is 4. The van der Waals surface area contributed by atoms with E-state index in [-0.39, 0.29) is 5.82 Å². The first-order valence-electron chi connectivity index (χ1n) is 7.66. The highest BCUT2D eigenvalue weighted by Crippen LogP contribution is 2.38. The van der Waals surface area contributed by atoms with Gasteiger partial charge in [-0.05, 0) is 60.1 Å². The van der Waals surface area contributed by atoms with Crippen molar-refractivity contribution < 1.29 is 13.2 Å². The summed E-state index contributed by atoms with van der Waals surface area (Å²) in [5.74, 6) is 0.636. The molecule has 2 aliphatic rings. The van der Waals surface area contributed by atoms with Gasteiger partial charge in [-0.3, -0.25) is 0 Å². The van der Waals surface area contributed by atoms with E-state index in [1.165, 1.54) is 19.0 Å². The second kappa shape index (κ2) is 6.35. The van der Waals surface area contributed by atoms with Crippen LogP contribution in [-0.2, 0) is 6.18 Å². The fourth-order valence-corrected chi connectivity index (χ4v) is 3.85. The van der Waals surface area contributed by atoms with E-state index in [1.807, 2.05) is 0 Å². The van der Waals surface area contributed by atoms with Gasteiger partial charge in [0.1, 0.15) is 5.82 Å². The Morgan fingerprint density at radius 3 is 2.55 bits per heavy atom. The maximum Gasteiger partial charge on any atom is 0.419 e. The molecule has 0 aliphatic carbocycles. The molecule has 2 aliphatic heterocycles. The summed E-state index contributed by atoms with van der Waals surface area (Å²) in [6.45, 7) is 2.35. The number of hydrogen-bond donors (Lipinski definition) is 1. The lowest BCUT2D eigenvalue weighted by Crippen LogP contribution is -2.41. The maximum absolute atomic E-state index is 13.2. The normalized spacial score (nSPS) is 24.0. The SMILES string of the molecule is FC(F)(F)c1cc(Br)cnc1N1CCC(C2CCCN2)CC1. The quantitative estimate of drug-likeness (QED) is 0.848. The topological polar surface area (TPSA) is 28.2 Å². The molecule has 0 saturated carbocycles. The van der Waals surface area contributed by atoms with Crippen molar-refractivity contribution in [1.82, 2.24) is 10.3 Å². The molecule has 22 heavy (non-hydrogen) atoms. The Hall–Kier alpha value is -0.820. The summed E-state index contributed by atoms with van der Waals surface area (Å²) in [6.07, 6.45) is 1.30. The molecule has 1 atom stereocenters. The minimum atomic E-state index is -4.38. The van der Waals surface area contributed by atoms with Gasteiger partial charge in [0, 0.05) is 29.8 Å². The third kappa shape index (κ3) is 3.40. The Kier molecular flexibility index (Phi) is 4.64. The van der Waals surface area contributed by atoms with Crippen molar-refractivity contribution in [2.24, 2.45) is 5.92 Å². The molecule has 122 valence electrons. The second-order valence-electron chi connectivity index (χ2n) is 6.05. The van der Waals surface area contributed by atoms with E-state index < -0.39 is 11.7 Å². The van der Waals surface area contributed by atoms with E-state index in [4.69, 9.17) is 0 Å². The van der Waals surface area contributed by atoms with Crippen LogP contribution in [-0.4, -0.2) is 30.7 Å². The molecule has 0 radical (unpaired) electrons. The first-order chi connectivity index (χ1) is 10.4. The summed E-state index contributed by atoms with van der Waals surface area (Å²) < 4.78 is 40.0. The number of anilines is 1. The van der Waals surface area contributed by atoms with E-state index in [0.717, 1.165) is 25.5 Å². The summed E-state index contributed by atoms with van der Waals surface area (Å²) in [4.78, 5) is 5.81. The van der Waals surface area contributed by atoms with Crippen molar-refractivity contribution in [3.8, 4) is 0 Å². The molecule has 2 fully saturated rings. The molecule has 1 aromatic rings. The molecule has 1 unspecified atom stereocenters. The smallest absolute Gasteiger partial charge is 0.356 e. The van der Waals surface area contributed by atoms with Crippen molar-refractivity contribution in [3.63, 3.8) is 0 Å². The van der Waals surface area contributed by atoms with Crippen LogP contribution < -0.4 is 10.2 Å². The van der Waals surface area contributed by atoms with Gasteiger partial charge in [0.25, 0.3) is 0 Å². The number of alkyl halides is 3. The van der Waals surface area contributed by atoms with Crippen LogP contribution in [0.25, 0.3) is 0 Å². The average Bonchev–Trinajstić information content (AvgIpc) is 3.01. The number of aromatic nitrogens is 1. The van der Waals surface area contributed by atoms with Gasteiger partial charge in [-0.15, -0.1) is 0 Å². The average molecular weight is 378 g/mol. The zero-order chi connectivity index (χ0) is 15.7. The van der Waals surface area contributed by atoms with E-state index in [0.29, 0.717) is 29.5 Å². The Morgan fingerprint density at radius 2 is 1.95 bits per heavy atom. The lowest BCUT2D eigenvalue weighted by atomic mass is 9.88. The summed E-state index contributed by atoms with van der Waals surface area (Å²) in [5.41, 5.74) is -0.653. The van der Waals surface area contributed by atoms with Crippen molar-refractivity contribution in [3.05, 3.63) is 22.3 Å². The van der Waals surface area contributed by atoms with Crippen molar-refractivity contribution >= 4 is 21.7 Å². The van der Waals surface area contributed by atoms with Crippen LogP contribution in [0.5, 0.6) is 0 Å². The van der Waals surface area contributed by atoms with Gasteiger partial charge in [-0.25, -0.2) is 4.98 Å². The highest BCUT2D eigenvalue weighted by atomic mass is 79.9. The molecule has 1 N–H and O–H groups in total. The number of pyridine rings is 1. The van der Waals surface area contributed by atoms with Crippen LogP contribution in [0.3, 0.4) is 0 Å². The Balaban J connectivity index is 1.73. The highest BCUT2D eigenvalue weighted by Gasteiger charge is 2.37. The van der Waals surface area contributed by atoms with Gasteiger partial charge >= 0.3 is 6.18 Å². The molecule has 0 spiro atoms. The van der Waals surface area contributed by atoms with Crippen LogP contribution in [0.4, 0.5) is 19.0 Å². The van der Waals surface area contributed by atoms with Crippen molar-refractivity contribution in [2.45, 2.75) is 37.9 Å². The molecule has 0 amide bonds. The molecule has 7 heteroatoms. The predicted molar refractivity (Wildman–Crippen MR) is 82.9 cm³/mol. The molecule has 2 saturated heterocycles. The molecular formula is C15H19BrF3N3. The molecule has 0 aromatic carbocycles. The van der Waals surface area contributed by atoms with Gasteiger partial charge in [0.15, 0.2) is 0 Å². The van der Waals surface area contributed by atoms with E-state index in [1.54, 1.807) is 4.90 Å². The first kappa shape index (κ1) is 16.1. The monoisotopic (exact) mass is 377 g/mol. The Bertz CT molecular complexity index is 521. The highest BCUT2D eigenvalue weighted by molar-refractivity contribution is 9.10. The van der Waals surface area contributed by atoms with E-state index >= 15 is 0 Å². The minimum Gasteiger partial charge on any atom is -0.356 e. The first-order valence-corrected chi connectivity index (χ1v) is 8.45. The van der Waals surface area contributed by atoms with Gasteiger partial charge in [0.2, 0.25) is 0 Å². The fourth-order valence-electron chi connectivity index (χ4n) is 3.52. The van der Waals surface area contributed by atoms with Crippen LogP contribution in [0.15, 0.2) is 16.7 Å². The van der Waals surface area contributed by atoms with Crippen LogP contribution in [0.2, 0.25) is 0 Å². The van der Waals surface area contributed by atoms with Crippen LogP contribution >= 0.6 is 15.9 Å². The van der Waals surface area contributed by atoms with E-state index in [9.17, 15) is 13.2 Å². The van der Waals surface area contributed by atoms with Gasteiger partial charge in [-0.1, -0.05) is 0 Å². The summed E-state index contributed by atoms with van der Waals surface area (Å²) in [7, 11) is 0. The number of hydrogen-bond acceptors (Lipinski definition) is 3. The lowest BCUT2D eigenvalue weighted by molar-refractivity contribution is -0.137. The summed E-state index contributed by atoms with van der Waals surface area (Å²) >= 11 is 3.08.